The molecular formula is C16H12Br2O3. The lowest BCUT2D eigenvalue weighted by Crippen LogP contribution is -2.06. The van der Waals surface area contributed by atoms with Crippen LogP contribution < -0.4 is 0 Å². The van der Waals surface area contributed by atoms with Crippen LogP contribution in [0, 0.1) is 6.92 Å². The van der Waals surface area contributed by atoms with Gasteiger partial charge < -0.3 is 4.74 Å². The van der Waals surface area contributed by atoms with E-state index in [-0.39, 0.29) is 5.78 Å². The molecule has 0 saturated heterocycles. The maximum absolute atomic E-state index is 12.6. The van der Waals surface area contributed by atoms with Crippen LogP contribution in [0.1, 0.15) is 31.8 Å². The molecule has 0 aliphatic rings. The van der Waals surface area contributed by atoms with Crippen molar-refractivity contribution in [2.75, 3.05) is 7.11 Å². The zero-order chi connectivity index (χ0) is 15.6. The number of ketones is 1. The molecule has 108 valence electrons. The molecule has 0 heterocycles. The fraction of sp³-hybridized carbons (Fsp3) is 0.125. The summed E-state index contributed by atoms with van der Waals surface area (Å²) in [5.74, 6) is -0.623. The van der Waals surface area contributed by atoms with Crippen molar-refractivity contribution in [2.24, 2.45) is 0 Å². The maximum Gasteiger partial charge on any atom is 0.337 e. The summed E-state index contributed by atoms with van der Waals surface area (Å²) in [5.41, 5.74) is 2.32. The van der Waals surface area contributed by atoms with Crippen molar-refractivity contribution in [1.29, 1.82) is 0 Å². The molecule has 2 aromatic rings. The summed E-state index contributed by atoms with van der Waals surface area (Å²) in [4.78, 5) is 24.2. The Labute approximate surface area is 139 Å². The number of aryl methyl sites for hydroxylation is 1. The van der Waals surface area contributed by atoms with Crippen molar-refractivity contribution in [2.45, 2.75) is 6.92 Å². The van der Waals surface area contributed by atoms with E-state index in [4.69, 9.17) is 4.74 Å². The van der Waals surface area contributed by atoms with Gasteiger partial charge in [0.15, 0.2) is 5.78 Å². The molecule has 5 heteroatoms. The molecular weight excluding hydrogens is 400 g/mol. The molecule has 0 saturated carbocycles. The molecule has 0 atom stereocenters. The normalized spacial score (nSPS) is 10.3. The Bertz CT molecular complexity index is 703. The van der Waals surface area contributed by atoms with Gasteiger partial charge in [0.2, 0.25) is 0 Å². The van der Waals surface area contributed by atoms with E-state index in [1.165, 1.54) is 13.2 Å². The Morgan fingerprint density at radius 1 is 0.857 bits per heavy atom. The minimum Gasteiger partial charge on any atom is -0.465 e. The highest BCUT2D eigenvalue weighted by Gasteiger charge is 2.15. The molecule has 21 heavy (non-hydrogen) atoms. The third-order valence-corrected chi connectivity index (χ3v) is 3.80. The van der Waals surface area contributed by atoms with E-state index >= 15 is 0 Å². The highest BCUT2D eigenvalue weighted by atomic mass is 79.9. The van der Waals surface area contributed by atoms with E-state index in [9.17, 15) is 9.59 Å². The maximum atomic E-state index is 12.6. The Balaban J connectivity index is 2.48. The van der Waals surface area contributed by atoms with Gasteiger partial charge in [-0.1, -0.05) is 31.9 Å². The highest BCUT2D eigenvalue weighted by molar-refractivity contribution is 9.10. The number of rotatable bonds is 3. The SMILES string of the molecule is COC(=O)c1cc(Br)cc(C(=O)c2cc(C)cc(Br)c2)c1. The summed E-state index contributed by atoms with van der Waals surface area (Å²) < 4.78 is 6.19. The summed E-state index contributed by atoms with van der Waals surface area (Å²) in [7, 11) is 1.31. The topological polar surface area (TPSA) is 43.4 Å². The zero-order valence-electron chi connectivity index (χ0n) is 11.4. The van der Waals surface area contributed by atoms with Gasteiger partial charge in [-0.25, -0.2) is 4.79 Å². The van der Waals surface area contributed by atoms with E-state index in [1.54, 1.807) is 18.2 Å². The van der Waals surface area contributed by atoms with E-state index < -0.39 is 5.97 Å². The number of carbonyl (C=O) groups excluding carboxylic acids is 2. The lowest BCUT2D eigenvalue weighted by Gasteiger charge is -2.07. The van der Waals surface area contributed by atoms with Crippen LogP contribution in [0.4, 0.5) is 0 Å². The van der Waals surface area contributed by atoms with E-state index in [1.807, 2.05) is 19.1 Å². The van der Waals surface area contributed by atoms with Gasteiger partial charge in [-0.2, -0.15) is 0 Å². The van der Waals surface area contributed by atoms with Crippen molar-refractivity contribution in [1.82, 2.24) is 0 Å². The Kier molecular flexibility index (Phi) is 4.96. The third-order valence-electron chi connectivity index (χ3n) is 2.89. The lowest BCUT2D eigenvalue weighted by molar-refractivity contribution is 0.0600. The third kappa shape index (κ3) is 3.80. The summed E-state index contributed by atoms with van der Waals surface area (Å²) in [6.45, 7) is 1.92. The van der Waals surface area contributed by atoms with Crippen LogP contribution in [0.25, 0.3) is 0 Å². The van der Waals surface area contributed by atoms with Crippen LogP contribution >= 0.6 is 31.9 Å². The number of benzene rings is 2. The first-order valence-corrected chi connectivity index (χ1v) is 7.70. The number of carbonyl (C=O) groups is 2. The molecule has 0 bridgehead atoms. The van der Waals surface area contributed by atoms with Crippen molar-refractivity contribution in [3.63, 3.8) is 0 Å². The predicted molar refractivity (Wildman–Crippen MR) is 87.8 cm³/mol. The van der Waals surface area contributed by atoms with Gasteiger partial charge in [0.25, 0.3) is 0 Å². The minimum absolute atomic E-state index is 0.147. The molecule has 0 fully saturated rings. The molecule has 2 aromatic carbocycles. The minimum atomic E-state index is -0.476. The number of halogens is 2. The molecule has 0 radical (unpaired) electrons. The predicted octanol–water partition coefficient (Wildman–Crippen LogP) is 4.54. The van der Waals surface area contributed by atoms with Gasteiger partial charge >= 0.3 is 5.97 Å². The first kappa shape index (κ1) is 15.9. The first-order valence-electron chi connectivity index (χ1n) is 6.11. The number of ether oxygens (including phenoxy) is 1. The lowest BCUT2D eigenvalue weighted by atomic mass is 10.00. The molecule has 0 aliphatic carbocycles. The van der Waals surface area contributed by atoms with Crippen LogP contribution in [0.3, 0.4) is 0 Å². The fourth-order valence-corrected chi connectivity index (χ4v) is 3.09. The average molecular weight is 412 g/mol. The van der Waals surface area contributed by atoms with Gasteiger partial charge in [0, 0.05) is 20.1 Å². The van der Waals surface area contributed by atoms with Crippen molar-refractivity contribution in [3.05, 3.63) is 67.6 Å². The number of hydrogen-bond donors (Lipinski definition) is 0. The van der Waals surface area contributed by atoms with Crippen LogP contribution in [-0.2, 0) is 4.74 Å². The number of methoxy groups -OCH3 is 1. The Morgan fingerprint density at radius 3 is 1.95 bits per heavy atom. The highest BCUT2D eigenvalue weighted by Crippen LogP contribution is 2.22. The van der Waals surface area contributed by atoms with Crippen LogP contribution in [0.15, 0.2) is 45.3 Å². The molecule has 3 nitrogen and oxygen atoms in total. The van der Waals surface area contributed by atoms with E-state index in [0.29, 0.717) is 21.2 Å². The van der Waals surface area contributed by atoms with Gasteiger partial charge in [-0.15, -0.1) is 0 Å². The second-order valence-corrected chi connectivity index (χ2v) is 6.40. The van der Waals surface area contributed by atoms with Crippen molar-refractivity contribution >= 4 is 43.6 Å². The van der Waals surface area contributed by atoms with Gasteiger partial charge in [0.1, 0.15) is 0 Å². The fourth-order valence-electron chi connectivity index (χ4n) is 1.99. The first-order chi connectivity index (χ1) is 9.90. The van der Waals surface area contributed by atoms with Gasteiger partial charge in [-0.05, 0) is 48.9 Å². The molecule has 0 N–H and O–H groups in total. The van der Waals surface area contributed by atoms with Crippen molar-refractivity contribution in [3.8, 4) is 0 Å². The van der Waals surface area contributed by atoms with Crippen molar-refractivity contribution < 1.29 is 14.3 Å². The van der Waals surface area contributed by atoms with Crippen LogP contribution in [0.5, 0.6) is 0 Å². The second-order valence-electron chi connectivity index (χ2n) is 4.57. The number of hydrogen-bond acceptors (Lipinski definition) is 3. The molecule has 0 aliphatic heterocycles. The second kappa shape index (κ2) is 6.54. The summed E-state index contributed by atoms with van der Waals surface area (Å²) in [5, 5.41) is 0. The quantitative estimate of drug-likeness (QED) is 0.550. The summed E-state index contributed by atoms with van der Waals surface area (Å²) in [6, 6.07) is 10.3. The molecule has 2 rings (SSSR count). The standard InChI is InChI=1S/C16H12Br2O3/c1-9-3-10(6-13(17)4-9)15(19)11-5-12(16(20)21-2)8-14(18)7-11/h3-8H,1-2H3. The summed E-state index contributed by atoms with van der Waals surface area (Å²) in [6.07, 6.45) is 0. The van der Waals surface area contributed by atoms with E-state index in [0.717, 1.165) is 10.0 Å². The monoisotopic (exact) mass is 410 g/mol. The summed E-state index contributed by atoms with van der Waals surface area (Å²) >= 11 is 6.69. The van der Waals surface area contributed by atoms with E-state index in [2.05, 4.69) is 31.9 Å². The van der Waals surface area contributed by atoms with Crippen LogP contribution in [-0.4, -0.2) is 18.9 Å². The molecule has 0 spiro atoms. The molecule has 0 unspecified atom stereocenters. The van der Waals surface area contributed by atoms with Crippen LogP contribution in [0.2, 0.25) is 0 Å². The Hall–Kier alpha value is -1.46. The average Bonchev–Trinajstić information content (AvgIpc) is 2.43. The Morgan fingerprint density at radius 2 is 1.38 bits per heavy atom. The smallest absolute Gasteiger partial charge is 0.337 e. The molecule has 0 amide bonds. The van der Waals surface area contributed by atoms with Gasteiger partial charge in [0.05, 0.1) is 12.7 Å². The van der Waals surface area contributed by atoms with Gasteiger partial charge in [-0.3, -0.25) is 4.79 Å². The molecule has 0 aromatic heterocycles. The largest absolute Gasteiger partial charge is 0.465 e. The zero-order valence-corrected chi connectivity index (χ0v) is 14.6. The number of esters is 1.